The van der Waals surface area contributed by atoms with Crippen molar-refractivity contribution in [2.75, 3.05) is 0 Å². The van der Waals surface area contributed by atoms with E-state index in [-0.39, 0.29) is 0 Å². The molecule has 0 unspecified atom stereocenters. The number of hydrogen-bond acceptors (Lipinski definition) is 2. The molecule has 0 aliphatic heterocycles. The first kappa shape index (κ1) is 5.27. The summed E-state index contributed by atoms with van der Waals surface area (Å²) >= 11 is 0. The fraction of sp³-hybridized carbons (Fsp3) is 0.857. The standard InChI is InChI=1S/C7H11NO/c9-8-7-4-5-1-2-6(7)3-5/h5-6,9H,1-4H2/b8-7-/t5-,6+/m0/s1. The highest BCUT2D eigenvalue weighted by atomic mass is 16.4. The first-order valence-corrected chi connectivity index (χ1v) is 3.61. The van der Waals surface area contributed by atoms with Crippen LogP contribution in [0.15, 0.2) is 5.16 Å². The fourth-order valence-corrected chi connectivity index (χ4v) is 2.15. The molecule has 0 saturated heterocycles. The minimum atomic E-state index is 0.653. The SMILES string of the molecule is O/N=C1/C[C@H]2CC[C@@H]1C2. The summed E-state index contributed by atoms with van der Waals surface area (Å²) in [5, 5.41) is 11.8. The Morgan fingerprint density at radius 3 is 2.67 bits per heavy atom. The molecule has 2 bridgehead atoms. The van der Waals surface area contributed by atoms with Gasteiger partial charge in [-0.3, -0.25) is 0 Å². The number of fused-ring (bicyclic) bond motifs is 2. The van der Waals surface area contributed by atoms with Crippen molar-refractivity contribution in [2.45, 2.75) is 25.7 Å². The van der Waals surface area contributed by atoms with E-state index in [1.54, 1.807) is 0 Å². The zero-order valence-corrected chi connectivity index (χ0v) is 5.38. The predicted octanol–water partition coefficient (Wildman–Crippen LogP) is 1.64. The van der Waals surface area contributed by atoms with Gasteiger partial charge in [-0.05, 0) is 31.6 Å². The predicted molar refractivity (Wildman–Crippen MR) is 34.7 cm³/mol. The Labute approximate surface area is 54.6 Å². The van der Waals surface area contributed by atoms with Crippen LogP contribution in [0.2, 0.25) is 0 Å². The molecule has 0 spiro atoms. The lowest BCUT2D eigenvalue weighted by molar-refractivity contribution is 0.313. The molecule has 0 aromatic heterocycles. The van der Waals surface area contributed by atoms with Gasteiger partial charge >= 0.3 is 0 Å². The van der Waals surface area contributed by atoms with Gasteiger partial charge in [-0.15, -0.1) is 0 Å². The molecule has 2 fully saturated rings. The third kappa shape index (κ3) is 0.655. The van der Waals surface area contributed by atoms with Crippen LogP contribution in [-0.4, -0.2) is 10.9 Å². The highest BCUT2D eigenvalue weighted by Crippen LogP contribution is 2.42. The van der Waals surface area contributed by atoms with Gasteiger partial charge in [0, 0.05) is 5.92 Å². The lowest BCUT2D eigenvalue weighted by Gasteiger charge is -2.08. The maximum atomic E-state index is 8.48. The van der Waals surface area contributed by atoms with Gasteiger partial charge in [0.15, 0.2) is 0 Å². The molecule has 2 heteroatoms. The lowest BCUT2D eigenvalue weighted by atomic mass is 9.99. The zero-order chi connectivity index (χ0) is 6.27. The highest BCUT2D eigenvalue weighted by Gasteiger charge is 2.36. The quantitative estimate of drug-likeness (QED) is 0.387. The molecule has 0 aromatic carbocycles. The van der Waals surface area contributed by atoms with Crippen molar-refractivity contribution in [3.05, 3.63) is 0 Å². The van der Waals surface area contributed by atoms with Crippen LogP contribution in [0.25, 0.3) is 0 Å². The van der Waals surface area contributed by atoms with Crippen LogP contribution in [0.1, 0.15) is 25.7 Å². The van der Waals surface area contributed by atoms with Crippen LogP contribution in [0.5, 0.6) is 0 Å². The van der Waals surface area contributed by atoms with E-state index in [4.69, 9.17) is 5.21 Å². The van der Waals surface area contributed by atoms with E-state index in [0.29, 0.717) is 5.92 Å². The van der Waals surface area contributed by atoms with Crippen LogP contribution in [0.3, 0.4) is 0 Å². The van der Waals surface area contributed by atoms with Crippen molar-refractivity contribution in [1.82, 2.24) is 0 Å². The molecular weight excluding hydrogens is 114 g/mol. The molecule has 2 aliphatic rings. The number of nitrogens with zero attached hydrogens (tertiary/aromatic N) is 1. The second kappa shape index (κ2) is 1.72. The highest BCUT2D eigenvalue weighted by molar-refractivity contribution is 5.89. The lowest BCUT2D eigenvalue weighted by Crippen LogP contribution is -2.08. The van der Waals surface area contributed by atoms with E-state index in [1.165, 1.54) is 19.3 Å². The Balaban J connectivity index is 2.18. The molecule has 0 radical (unpaired) electrons. The largest absolute Gasteiger partial charge is 0.411 e. The van der Waals surface area contributed by atoms with Crippen molar-refractivity contribution in [1.29, 1.82) is 0 Å². The molecule has 0 amide bonds. The average molecular weight is 125 g/mol. The molecular formula is C7H11NO. The summed E-state index contributed by atoms with van der Waals surface area (Å²) in [4.78, 5) is 0. The van der Waals surface area contributed by atoms with E-state index in [2.05, 4.69) is 5.16 Å². The van der Waals surface area contributed by atoms with E-state index < -0.39 is 0 Å². The van der Waals surface area contributed by atoms with Gasteiger partial charge in [-0.1, -0.05) is 5.16 Å². The minimum Gasteiger partial charge on any atom is -0.411 e. The third-order valence-corrected chi connectivity index (χ3v) is 2.64. The average Bonchev–Trinajstić information content (AvgIpc) is 2.45. The van der Waals surface area contributed by atoms with E-state index >= 15 is 0 Å². The number of rotatable bonds is 0. The van der Waals surface area contributed by atoms with Gasteiger partial charge < -0.3 is 5.21 Å². The maximum absolute atomic E-state index is 8.48. The van der Waals surface area contributed by atoms with Crippen LogP contribution < -0.4 is 0 Å². The third-order valence-electron chi connectivity index (χ3n) is 2.64. The summed E-state index contributed by atoms with van der Waals surface area (Å²) in [6, 6.07) is 0. The van der Waals surface area contributed by atoms with Crippen LogP contribution in [-0.2, 0) is 0 Å². The van der Waals surface area contributed by atoms with Crippen LogP contribution >= 0.6 is 0 Å². The number of hydrogen-bond donors (Lipinski definition) is 1. The Kier molecular flexibility index (Phi) is 1.01. The Hall–Kier alpha value is -0.530. The van der Waals surface area contributed by atoms with Gasteiger partial charge in [-0.2, -0.15) is 0 Å². The fourth-order valence-electron chi connectivity index (χ4n) is 2.15. The molecule has 1 N–H and O–H groups in total. The van der Waals surface area contributed by atoms with E-state index in [1.807, 2.05) is 0 Å². The Morgan fingerprint density at radius 2 is 2.33 bits per heavy atom. The summed E-state index contributed by atoms with van der Waals surface area (Å²) in [5.74, 6) is 1.51. The molecule has 2 atom stereocenters. The van der Waals surface area contributed by atoms with Crippen molar-refractivity contribution in [3.63, 3.8) is 0 Å². The molecule has 2 nitrogen and oxygen atoms in total. The van der Waals surface area contributed by atoms with E-state index in [0.717, 1.165) is 18.1 Å². The summed E-state index contributed by atoms with van der Waals surface area (Å²) in [7, 11) is 0. The molecule has 0 heterocycles. The van der Waals surface area contributed by atoms with Gasteiger partial charge in [0.2, 0.25) is 0 Å². The molecule has 2 rings (SSSR count). The first-order chi connectivity index (χ1) is 4.40. The van der Waals surface area contributed by atoms with Gasteiger partial charge in [-0.25, -0.2) is 0 Å². The topological polar surface area (TPSA) is 32.6 Å². The van der Waals surface area contributed by atoms with Crippen LogP contribution in [0, 0.1) is 11.8 Å². The van der Waals surface area contributed by atoms with Gasteiger partial charge in [0.25, 0.3) is 0 Å². The van der Waals surface area contributed by atoms with Crippen molar-refractivity contribution < 1.29 is 5.21 Å². The summed E-state index contributed by atoms with van der Waals surface area (Å²) < 4.78 is 0. The first-order valence-electron chi connectivity index (χ1n) is 3.61. The Bertz CT molecular complexity index is 153. The molecule has 9 heavy (non-hydrogen) atoms. The van der Waals surface area contributed by atoms with Crippen molar-refractivity contribution in [3.8, 4) is 0 Å². The molecule has 2 aliphatic carbocycles. The molecule has 0 aromatic rings. The van der Waals surface area contributed by atoms with Crippen LogP contribution in [0.4, 0.5) is 0 Å². The van der Waals surface area contributed by atoms with E-state index in [9.17, 15) is 0 Å². The second-order valence-electron chi connectivity index (χ2n) is 3.17. The second-order valence-corrected chi connectivity index (χ2v) is 3.17. The normalized spacial score (nSPS) is 44.7. The van der Waals surface area contributed by atoms with Crippen molar-refractivity contribution in [2.24, 2.45) is 17.0 Å². The smallest absolute Gasteiger partial charge is 0.0604 e. The zero-order valence-electron chi connectivity index (χ0n) is 5.38. The Morgan fingerprint density at radius 1 is 1.44 bits per heavy atom. The summed E-state index contributed by atoms with van der Waals surface area (Å²) in [6.07, 6.45) is 4.99. The summed E-state index contributed by atoms with van der Waals surface area (Å²) in [6.45, 7) is 0. The van der Waals surface area contributed by atoms with Gasteiger partial charge in [0.1, 0.15) is 0 Å². The van der Waals surface area contributed by atoms with Crippen molar-refractivity contribution >= 4 is 5.71 Å². The molecule has 50 valence electrons. The monoisotopic (exact) mass is 125 g/mol. The molecule has 2 saturated carbocycles. The minimum absolute atomic E-state index is 0.653. The van der Waals surface area contributed by atoms with Gasteiger partial charge in [0.05, 0.1) is 5.71 Å². The maximum Gasteiger partial charge on any atom is 0.0604 e. The number of oxime groups is 1. The summed E-state index contributed by atoms with van der Waals surface area (Å²) in [5.41, 5.74) is 1.06.